The molecule has 0 bridgehead atoms. The highest BCUT2D eigenvalue weighted by Gasteiger charge is 2.36. The van der Waals surface area contributed by atoms with Gasteiger partial charge in [0, 0.05) is 36.3 Å². The first-order chi connectivity index (χ1) is 16.9. The molecule has 3 rings (SSSR count). The summed E-state index contributed by atoms with van der Waals surface area (Å²) >= 11 is 5.99. The minimum atomic E-state index is -3.07. The highest BCUT2D eigenvalue weighted by Crippen LogP contribution is 2.41. The average molecular weight is 541 g/mol. The Morgan fingerprint density at radius 2 is 1.83 bits per heavy atom. The summed E-state index contributed by atoms with van der Waals surface area (Å²) in [6.45, 7) is -0.00163. The molecule has 1 aliphatic carbocycles. The van der Waals surface area contributed by atoms with Gasteiger partial charge in [-0.2, -0.15) is 0 Å². The van der Waals surface area contributed by atoms with Crippen molar-refractivity contribution in [2.45, 2.75) is 57.3 Å². The van der Waals surface area contributed by atoms with Crippen molar-refractivity contribution >= 4 is 33.0 Å². The van der Waals surface area contributed by atoms with Crippen molar-refractivity contribution < 1.29 is 31.8 Å². The number of aliphatic carboxylic acids is 1. The molecule has 0 aliphatic heterocycles. The van der Waals surface area contributed by atoms with E-state index in [9.17, 15) is 22.0 Å². The summed E-state index contributed by atoms with van der Waals surface area (Å²) in [5.74, 6) is -3.09. The first-order valence-electron chi connectivity index (χ1n) is 11.9. The molecule has 0 saturated heterocycles. The molecule has 9 heteroatoms. The molecule has 0 saturated carbocycles. The molecule has 2 aromatic rings. The van der Waals surface area contributed by atoms with Crippen molar-refractivity contribution in [1.82, 2.24) is 0 Å². The number of carboxylic acids is 1. The maximum Gasteiger partial charge on any atom is 0.303 e. The lowest BCUT2D eigenvalue weighted by Gasteiger charge is -2.28. The molecule has 36 heavy (non-hydrogen) atoms. The van der Waals surface area contributed by atoms with Crippen molar-refractivity contribution in [3.63, 3.8) is 0 Å². The van der Waals surface area contributed by atoms with Gasteiger partial charge in [-0.15, -0.1) is 0 Å². The van der Waals surface area contributed by atoms with Gasteiger partial charge in [0.2, 0.25) is 0 Å². The third-order valence-electron chi connectivity index (χ3n) is 6.20. The minimum absolute atomic E-state index is 0.00163. The Hall–Kier alpha value is -2.45. The molecule has 2 aromatic carbocycles. The second-order valence-corrected chi connectivity index (χ2v) is 12.0. The van der Waals surface area contributed by atoms with Crippen LogP contribution in [0.2, 0.25) is 5.02 Å². The number of hydrogen-bond acceptors (Lipinski definition) is 4. The number of benzene rings is 2. The number of sulfone groups is 1. The quantitative estimate of drug-likeness (QED) is 0.316. The molecular formula is C27H31ClF2O5S. The lowest BCUT2D eigenvalue weighted by Crippen LogP contribution is -2.24. The smallest absolute Gasteiger partial charge is 0.303 e. The van der Waals surface area contributed by atoms with Crippen LogP contribution in [0.1, 0.15) is 55.2 Å². The van der Waals surface area contributed by atoms with E-state index < -0.39 is 21.7 Å². The summed E-state index contributed by atoms with van der Waals surface area (Å²) in [5.41, 5.74) is 3.85. The fourth-order valence-corrected chi connectivity index (χ4v) is 5.20. The van der Waals surface area contributed by atoms with E-state index in [1.165, 1.54) is 6.26 Å². The molecular weight excluding hydrogens is 510 g/mol. The van der Waals surface area contributed by atoms with E-state index in [-0.39, 0.29) is 38.0 Å². The number of aryl methyl sites for hydroxylation is 2. The molecule has 1 N–H and O–H groups in total. The van der Waals surface area contributed by atoms with E-state index in [1.54, 1.807) is 24.3 Å². The van der Waals surface area contributed by atoms with Gasteiger partial charge in [-0.05, 0) is 78.1 Å². The zero-order valence-electron chi connectivity index (χ0n) is 20.2. The third-order valence-corrected chi connectivity index (χ3v) is 7.48. The van der Waals surface area contributed by atoms with Crippen LogP contribution in [-0.4, -0.2) is 44.0 Å². The summed E-state index contributed by atoms with van der Waals surface area (Å²) < 4.78 is 57.6. The van der Waals surface area contributed by atoms with Gasteiger partial charge in [-0.3, -0.25) is 4.79 Å². The molecule has 0 atom stereocenters. The predicted octanol–water partition coefficient (Wildman–Crippen LogP) is 6.38. The number of alkyl halides is 2. The van der Waals surface area contributed by atoms with Crippen LogP contribution in [0.5, 0.6) is 5.75 Å². The molecule has 0 unspecified atom stereocenters. The van der Waals surface area contributed by atoms with Gasteiger partial charge in [0.15, 0.2) is 0 Å². The van der Waals surface area contributed by atoms with Gasteiger partial charge in [0.25, 0.3) is 5.92 Å². The third kappa shape index (κ3) is 8.89. The zero-order valence-corrected chi connectivity index (χ0v) is 21.8. The van der Waals surface area contributed by atoms with E-state index in [1.807, 2.05) is 18.2 Å². The number of unbranched alkanes of at least 4 members (excludes halogenated alkanes) is 1. The first-order valence-corrected chi connectivity index (χ1v) is 14.3. The second kappa shape index (κ2) is 12.2. The van der Waals surface area contributed by atoms with Crippen molar-refractivity contribution in [3.8, 4) is 5.75 Å². The van der Waals surface area contributed by atoms with Crippen LogP contribution >= 0.6 is 11.6 Å². The number of allylic oxidation sites excluding steroid dienone is 1. The van der Waals surface area contributed by atoms with Gasteiger partial charge < -0.3 is 9.84 Å². The van der Waals surface area contributed by atoms with Gasteiger partial charge in [-0.1, -0.05) is 35.9 Å². The number of carbonyl (C=O) groups is 1. The standard InChI is InChI=1S/C27H31ClF2O5S/c1-36(33,34)15-3-2-4-21-16-19(6-12-26(31)32)5-11-25(21)35-18-22-17-27(29,30)14-13-24(22)20-7-9-23(28)10-8-20/h5,7-11,16H,2-4,6,12-15,17-18H2,1H3,(H,31,32). The number of rotatable bonds is 12. The van der Waals surface area contributed by atoms with Crippen molar-refractivity contribution in [2.75, 3.05) is 18.6 Å². The maximum atomic E-state index is 14.3. The van der Waals surface area contributed by atoms with Crippen LogP contribution in [0.25, 0.3) is 5.57 Å². The minimum Gasteiger partial charge on any atom is -0.489 e. The Bertz CT molecular complexity index is 1210. The Morgan fingerprint density at radius 3 is 2.50 bits per heavy atom. The van der Waals surface area contributed by atoms with Crippen molar-refractivity contribution in [3.05, 3.63) is 69.8 Å². The molecule has 0 amide bonds. The van der Waals surface area contributed by atoms with E-state index in [0.29, 0.717) is 42.0 Å². The van der Waals surface area contributed by atoms with Crippen LogP contribution < -0.4 is 4.74 Å². The monoisotopic (exact) mass is 540 g/mol. The van der Waals surface area contributed by atoms with Crippen molar-refractivity contribution in [2.24, 2.45) is 0 Å². The normalized spacial score (nSPS) is 15.7. The molecule has 0 fully saturated rings. The lowest BCUT2D eigenvalue weighted by atomic mass is 9.85. The van der Waals surface area contributed by atoms with Crippen LogP contribution in [0.15, 0.2) is 48.0 Å². The van der Waals surface area contributed by atoms with Crippen LogP contribution in [-0.2, 0) is 27.5 Å². The molecule has 196 valence electrons. The highest BCUT2D eigenvalue weighted by molar-refractivity contribution is 7.90. The number of ether oxygens (including phenoxy) is 1. The van der Waals surface area contributed by atoms with Crippen LogP contribution in [0.3, 0.4) is 0 Å². The van der Waals surface area contributed by atoms with Crippen LogP contribution in [0, 0.1) is 0 Å². The predicted molar refractivity (Wildman–Crippen MR) is 138 cm³/mol. The molecule has 0 aromatic heterocycles. The van der Waals surface area contributed by atoms with Gasteiger partial charge in [0.05, 0.1) is 0 Å². The summed E-state index contributed by atoms with van der Waals surface area (Å²) in [6.07, 6.45) is 2.77. The molecule has 0 spiro atoms. The lowest BCUT2D eigenvalue weighted by molar-refractivity contribution is -0.136. The molecule has 0 heterocycles. The summed E-state index contributed by atoms with van der Waals surface area (Å²) in [7, 11) is -3.07. The second-order valence-electron chi connectivity index (χ2n) is 9.33. The SMILES string of the molecule is CS(=O)(=O)CCCCc1cc(CCC(=O)O)ccc1OCC1=C(c2ccc(Cl)cc2)CCC(F)(F)C1. The van der Waals surface area contributed by atoms with Crippen molar-refractivity contribution in [1.29, 1.82) is 0 Å². The zero-order chi connectivity index (χ0) is 26.3. The molecule has 0 radical (unpaired) electrons. The Labute approximate surface area is 216 Å². The number of hydrogen-bond donors (Lipinski definition) is 1. The highest BCUT2D eigenvalue weighted by atomic mass is 35.5. The van der Waals surface area contributed by atoms with Gasteiger partial charge in [-0.25, -0.2) is 17.2 Å². The Kier molecular flexibility index (Phi) is 9.53. The van der Waals surface area contributed by atoms with Gasteiger partial charge >= 0.3 is 5.97 Å². The fraction of sp³-hybridized carbons (Fsp3) is 0.444. The van der Waals surface area contributed by atoms with E-state index >= 15 is 0 Å². The average Bonchev–Trinajstić information content (AvgIpc) is 2.79. The molecule has 1 aliphatic rings. The maximum absolute atomic E-state index is 14.3. The summed E-state index contributed by atoms with van der Waals surface area (Å²) in [6, 6.07) is 12.5. The van der Waals surface area contributed by atoms with Crippen LogP contribution in [0.4, 0.5) is 8.78 Å². The molecule has 5 nitrogen and oxygen atoms in total. The summed E-state index contributed by atoms with van der Waals surface area (Å²) in [5, 5.41) is 9.57. The Balaban J connectivity index is 1.82. The largest absolute Gasteiger partial charge is 0.489 e. The summed E-state index contributed by atoms with van der Waals surface area (Å²) in [4.78, 5) is 11.0. The topological polar surface area (TPSA) is 80.7 Å². The van der Waals surface area contributed by atoms with E-state index in [2.05, 4.69) is 0 Å². The Morgan fingerprint density at radius 1 is 1.11 bits per heavy atom. The number of carboxylic acid groups (broad SMARTS) is 1. The van der Waals surface area contributed by atoms with E-state index in [4.69, 9.17) is 21.4 Å². The first kappa shape index (κ1) is 28.1. The van der Waals surface area contributed by atoms with E-state index in [0.717, 1.165) is 22.3 Å². The van der Waals surface area contributed by atoms with Gasteiger partial charge in [0.1, 0.15) is 22.2 Å². The number of halogens is 3. The fourth-order valence-electron chi connectivity index (χ4n) is 4.35.